The van der Waals surface area contributed by atoms with E-state index < -0.39 is 10.0 Å². The van der Waals surface area contributed by atoms with Crippen molar-refractivity contribution < 1.29 is 13.2 Å². The van der Waals surface area contributed by atoms with E-state index in [1.54, 1.807) is 36.2 Å². The second kappa shape index (κ2) is 9.83. The number of piperazine rings is 1. The van der Waals surface area contributed by atoms with Gasteiger partial charge in [0.2, 0.25) is 10.0 Å². The lowest BCUT2D eigenvalue weighted by atomic mass is 10.1. The molecule has 1 amide bonds. The van der Waals surface area contributed by atoms with Crippen molar-refractivity contribution in [3.8, 4) is 6.07 Å². The third kappa shape index (κ3) is 4.86. The first-order valence-electron chi connectivity index (χ1n) is 9.98. The summed E-state index contributed by atoms with van der Waals surface area (Å²) in [7, 11) is -3.70. The topological polar surface area (TPSA) is 94.4 Å². The number of aryl methyl sites for hydroxylation is 2. The van der Waals surface area contributed by atoms with Gasteiger partial charge in [0.25, 0.3) is 5.91 Å². The molecule has 1 fully saturated rings. The Morgan fingerprint density at radius 2 is 1.87 bits per heavy atom. The highest BCUT2D eigenvalue weighted by molar-refractivity contribution is 7.89. The minimum absolute atomic E-state index is 0.147. The van der Waals surface area contributed by atoms with Crippen LogP contribution >= 0.6 is 0 Å². The van der Waals surface area contributed by atoms with Gasteiger partial charge >= 0.3 is 0 Å². The largest absolute Gasteiger partial charge is 0.333 e. The zero-order chi connectivity index (χ0) is 22.5. The van der Waals surface area contributed by atoms with Gasteiger partial charge in [-0.05, 0) is 56.7 Å². The van der Waals surface area contributed by atoms with Gasteiger partial charge in [-0.25, -0.2) is 8.42 Å². The first kappa shape index (κ1) is 23.5. The van der Waals surface area contributed by atoms with E-state index in [9.17, 15) is 13.2 Å². The molecule has 0 aliphatic carbocycles. The Morgan fingerprint density at radius 3 is 2.40 bits per heavy atom. The van der Waals surface area contributed by atoms with Crippen molar-refractivity contribution in [3.05, 3.63) is 58.9 Å². The summed E-state index contributed by atoms with van der Waals surface area (Å²) in [6.07, 6.45) is 1.55. The highest BCUT2D eigenvalue weighted by Gasteiger charge is 2.35. The lowest BCUT2D eigenvalue weighted by Crippen LogP contribution is -2.55. The van der Waals surface area contributed by atoms with E-state index >= 15 is 0 Å². The normalized spacial score (nSPS) is 16.9. The van der Waals surface area contributed by atoms with Crippen LogP contribution in [0.3, 0.4) is 0 Å². The Balaban J connectivity index is 0.00000155. The molecule has 0 N–H and O–H groups in total. The molecule has 30 heavy (non-hydrogen) atoms. The van der Waals surface area contributed by atoms with Gasteiger partial charge in [-0.15, -0.1) is 0 Å². The molecule has 0 radical (unpaired) electrons. The summed E-state index contributed by atoms with van der Waals surface area (Å²) in [5.41, 5.74) is 2.29. The number of benzene rings is 1. The van der Waals surface area contributed by atoms with E-state index in [-0.39, 0.29) is 29.9 Å². The first-order chi connectivity index (χ1) is 14.2. The zero-order valence-corrected chi connectivity index (χ0v) is 18.9. The molecule has 1 atom stereocenters. The standard InChI is InChI=1S/C20H22N4O3S.C2H6/c1-14-10-17(11-21)5-7-19(14)28(26,27)23-8-9-24(16(3)13-23)20(25)18-6-4-15(2)22-12-18;1-2/h4-7,10,12,16H,8-9,13H2,1-3H3;1-2H3. The second-order valence-electron chi connectivity index (χ2n) is 6.99. The van der Waals surface area contributed by atoms with Crippen LogP contribution in [0.1, 0.15) is 48.0 Å². The van der Waals surface area contributed by atoms with Crippen molar-refractivity contribution in [2.24, 2.45) is 0 Å². The number of aromatic nitrogens is 1. The number of nitriles is 1. The number of carbonyl (C=O) groups excluding carboxylic acids is 1. The average molecular weight is 429 g/mol. The van der Waals surface area contributed by atoms with Crippen LogP contribution in [0.25, 0.3) is 0 Å². The molecule has 1 aromatic carbocycles. The number of carbonyl (C=O) groups is 1. The lowest BCUT2D eigenvalue weighted by Gasteiger charge is -2.39. The van der Waals surface area contributed by atoms with Crippen LogP contribution in [0.15, 0.2) is 41.4 Å². The molecular weight excluding hydrogens is 400 g/mol. The summed E-state index contributed by atoms with van der Waals surface area (Å²) < 4.78 is 27.5. The highest BCUT2D eigenvalue weighted by atomic mass is 32.2. The number of rotatable bonds is 3. The molecule has 1 aliphatic heterocycles. The van der Waals surface area contributed by atoms with E-state index in [2.05, 4.69) is 4.98 Å². The SMILES string of the molecule is CC.Cc1ccc(C(=O)N2CCN(S(=O)(=O)c3ccc(C#N)cc3C)CC2C)cn1. The first-order valence-corrected chi connectivity index (χ1v) is 11.4. The fourth-order valence-corrected chi connectivity index (χ4v) is 5.07. The van der Waals surface area contributed by atoms with Crippen LogP contribution in [0.4, 0.5) is 0 Å². The van der Waals surface area contributed by atoms with E-state index in [1.165, 1.54) is 16.4 Å². The third-order valence-electron chi connectivity index (χ3n) is 4.93. The maximum Gasteiger partial charge on any atom is 0.255 e. The van der Waals surface area contributed by atoms with E-state index in [0.29, 0.717) is 23.2 Å². The van der Waals surface area contributed by atoms with E-state index in [4.69, 9.17) is 5.26 Å². The van der Waals surface area contributed by atoms with Gasteiger partial charge in [0.15, 0.2) is 0 Å². The van der Waals surface area contributed by atoms with Crippen molar-refractivity contribution in [3.63, 3.8) is 0 Å². The molecule has 1 saturated heterocycles. The van der Waals surface area contributed by atoms with Crippen molar-refractivity contribution in [2.75, 3.05) is 19.6 Å². The molecule has 1 unspecified atom stereocenters. The minimum Gasteiger partial charge on any atom is -0.333 e. The molecule has 0 bridgehead atoms. The second-order valence-corrected chi connectivity index (χ2v) is 8.90. The van der Waals surface area contributed by atoms with Gasteiger partial charge in [-0.1, -0.05) is 13.8 Å². The minimum atomic E-state index is -3.70. The average Bonchev–Trinajstić information content (AvgIpc) is 2.74. The molecule has 1 aromatic heterocycles. The van der Waals surface area contributed by atoms with Crippen LogP contribution in [0.2, 0.25) is 0 Å². The van der Waals surface area contributed by atoms with Crippen molar-refractivity contribution >= 4 is 15.9 Å². The van der Waals surface area contributed by atoms with Gasteiger partial charge in [0, 0.05) is 37.6 Å². The zero-order valence-electron chi connectivity index (χ0n) is 18.1. The molecule has 1 aliphatic rings. The van der Waals surface area contributed by atoms with Gasteiger partial charge in [0.1, 0.15) is 0 Å². The number of hydrogen-bond donors (Lipinski definition) is 0. The lowest BCUT2D eigenvalue weighted by molar-refractivity contribution is 0.0591. The maximum absolute atomic E-state index is 13.1. The van der Waals surface area contributed by atoms with Crippen LogP contribution in [0.5, 0.6) is 0 Å². The van der Waals surface area contributed by atoms with Crippen molar-refractivity contribution in [1.29, 1.82) is 5.26 Å². The third-order valence-corrected chi connectivity index (χ3v) is 6.96. The Bertz CT molecular complexity index is 1040. The molecule has 3 rings (SSSR count). The summed E-state index contributed by atoms with van der Waals surface area (Å²) in [5.74, 6) is -0.147. The smallest absolute Gasteiger partial charge is 0.255 e. The van der Waals surface area contributed by atoms with Gasteiger partial charge < -0.3 is 4.90 Å². The van der Waals surface area contributed by atoms with Gasteiger partial charge in [-0.2, -0.15) is 9.57 Å². The Labute approximate surface area is 179 Å². The van der Waals surface area contributed by atoms with Crippen LogP contribution in [-0.2, 0) is 10.0 Å². The fourth-order valence-electron chi connectivity index (χ4n) is 3.35. The molecule has 7 nitrogen and oxygen atoms in total. The number of nitrogens with zero attached hydrogens (tertiary/aromatic N) is 4. The van der Waals surface area contributed by atoms with E-state index in [1.807, 2.05) is 33.8 Å². The van der Waals surface area contributed by atoms with Crippen LogP contribution in [-0.4, -0.2) is 54.2 Å². The number of hydrogen-bond acceptors (Lipinski definition) is 5. The number of sulfonamides is 1. The number of amides is 1. The van der Waals surface area contributed by atoms with Crippen molar-refractivity contribution in [1.82, 2.24) is 14.2 Å². The monoisotopic (exact) mass is 428 g/mol. The fraction of sp³-hybridized carbons (Fsp3) is 0.409. The maximum atomic E-state index is 13.1. The molecular formula is C22H28N4O3S. The van der Waals surface area contributed by atoms with Gasteiger partial charge in [-0.3, -0.25) is 9.78 Å². The summed E-state index contributed by atoms with van der Waals surface area (Å²) in [6, 6.07) is 9.82. The molecule has 0 saturated carbocycles. The summed E-state index contributed by atoms with van der Waals surface area (Å²) >= 11 is 0. The summed E-state index contributed by atoms with van der Waals surface area (Å²) in [5, 5.41) is 8.98. The van der Waals surface area contributed by atoms with Crippen LogP contribution in [0, 0.1) is 25.2 Å². The molecule has 2 aromatic rings. The predicted molar refractivity (Wildman–Crippen MR) is 115 cm³/mol. The molecule has 0 spiro atoms. The van der Waals surface area contributed by atoms with Gasteiger partial charge in [0.05, 0.1) is 22.1 Å². The predicted octanol–water partition coefficient (Wildman–Crippen LogP) is 3.13. The molecule has 8 heteroatoms. The number of pyridine rings is 1. The molecule has 2 heterocycles. The summed E-state index contributed by atoms with van der Waals surface area (Å²) in [6.45, 7) is 10.1. The Kier molecular flexibility index (Phi) is 7.71. The van der Waals surface area contributed by atoms with Crippen molar-refractivity contribution in [2.45, 2.75) is 45.6 Å². The summed E-state index contributed by atoms with van der Waals surface area (Å²) in [4.78, 5) is 18.8. The quantitative estimate of drug-likeness (QED) is 0.749. The Hall–Kier alpha value is -2.76. The highest BCUT2D eigenvalue weighted by Crippen LogP contribution is 2.24. The van der Waals surface area contributed by atoms with E-state index in [0.717, 1.165) is 5.69 Å². The van der Waals surface area contributed by atoms with Crippen LogP contribution < -0.4 is 0 Å². The Morgan fingerprint density at radius 1 is 1.17 bits per heavy atom. The molecule has 160 valence electrons.